The highest BCUT2D eigenvalue weighted by molar-refractivity contribution is 5.94. The topological polar surface area (TPSA) is 54.3 Å². The van der Waals surface area contributed by atoms with Crippen molar-refractivity contribution < 1.29 is 4.79 Å². The van der Waals surface area contributed by atoms with Crippen LogP contribution in [0.5, 0.6) is 0 Å². The smallest absolute Gasteiger partial charge is 0.254 e. The average Bonchev–Trinajstić information content (AvgIpc) is 3.04. The molecule has 0 N–H and O–H groups in total. The minimum atomic E-state index is 0.0381. The molecule has 6 nitrogen and oxygen atoms in total. The molecule has 1 amide bonds. The van der Waals surface area contributed by atoms with Crippen LogP contribution in [0.25, 0.3) is 0 Å². The molecule has 0 aliphatic carbocycles. The Balaban J connectivity index is 1.65. The molecule has 0 bridgehead atoms. The van der Waals surface area contributed by atoms with Crippen molar-refractivity contribution >= 4 is 5.91 Å². The molecule has 126 valence electrons. The van der Waals surface area contributed by atoms with Gasteiger partial charge in [-0.2, -0.15) is 0 Å². The molecule has 1 aromatic carbocycles. The zero-order valence-electron chi connectivity index (χ0n) is 14.1. The number of rotatable bonds is 2. The molecule has 1 aromatic heterocycles. The first kappa shape index (κ1) is 15.3. The molecule has 1 atom stereocenters. The highest BCUT2D eigenvalue weighted by atomic mass is 16.2. The van der Waals surface area contributed by atoms with Crippen LogP contribution in [0, 0.1) is 0 Å². The van der Waals surface area contributed by atoms with Gasteiger partial charge >= 0.3 is 0 Å². The van der Waals surface area contributed by atoms with E-state index in [9.17, 15) is 4.79 Å². The zero-order chi connectivity index (χ0) is 16.5. The molecule has 0 unspecified atom stereocenters. The molecule has 2 aromatic rings. The van der Waals surface area contributed by atoms with Gasteiger partial charge in [-0.25, -0.2) is 0 Å². The second kappa shape index (κ2) is 6.36. The van der Waals surface area contributed by atoms with Gasteiger partial charge in [-0.05, 0) is 38.4 Å². The summed E-state index contributed by atoms with van der Waals surface area (Å²) in [5.41, 5.74) is 0.752. The number of hydrogen-bond donors (Lipinski definition) is 0. The summed E-state index contributed by atoms with van der Waals surface area (Å²) in [6, 6.07) is 9.60. The minimum Gasteiger partial charge on any atom is -0.328 e. The van der Waals surface area contributed by atoms with E-state index in [1.54, 1.807) is 0 Å². The van der Waals surface area contributed by atoms with E-state index in [2.05, 4.69) is 26.7 Å². The Morgan fingerprint density at radius 1 is 1.08 bits per heavy atom. The van der Waals surface area contributed by atoms with Gasteiger partial charge in [0.15, 0.2) is 5.82 Å². The number of nitrogens with zero attached hydrogens (tertiary/aromatic N) is 5. The molecule has 4 rings (SSSR count). The normalized spacial score (nSPS) is 21.5. The highest BCUT2D eigenvalue weighted by Gasteiger charge is 2.33. The Labute approximate surface area is 142 Å². The molecule has 6 heteroatoms. The Bertz CT molecular complexity index is 726. The van der Waals surface area contributed by atoms with Gasteiger partial charge in [0.05, 0.1) is 12.6 Å². The van der Waals surface area contributed by atoms with Crippen LogP contribution in [0.1, 0.15) is 47.3 Å². The van der Waals surface area contributed by atoms with Crippen LogP contribution in [0.4, 0.5) is 0 Å². The van der Waals surface area contributed by atoms with Gasteiger partial charge in [0.25, 0.3) is 5.91 Å². The maximum atomic E-state index is 13.0. The van der Waals surface area contributed by atoms with Crippen LogP contribution in [0.2, 0.25) is 0 Å². The van der Waals surface area contributed by atoms with E-state index in [1.165, 1.54) is 0 Å². The van der Waals surface area contributed by atoms with Gasteiger partial charge in [0, 0.05) is 25.2 Å². The fourth-order valence-corrected chi connectivity index (χ4v) is 3.74. The van der Waals surface area contributed by atoms with E-state index in [0.29, 0.717) is 0 Å². The number of carbonyl (C=O) groups is 1. The van der Waals surface area contributed by atoms with Gasteiger partial charge in [0.1, 0.15) is 5.82 Å². The first-order valence-electron chi connectivity index (χ1n) is 8.70. The number of likely N-dealkylation sites (tertiary alicyclic amines) is 1. The number of benzene rings is 1. The molecule has 1 fully saturated rings. The number of aromatic nitrogens is 3. The van der Waals surface area contributed by atoms with Crippen molar-refractivity contribution in [3.8, 4) is 0 Å². The third-order valence-electron chi connectivity index (χ3n) is 5.06. The number of fused-ring (bicyclic) bond motifs is 1. The fraction of sp³-hybridized carbons (Fsp3) is 0.500. The second-order valence-corrected chi connectivity index (χ2v) is 6.74. The lowest BCUT2D eigenvalue weighted by Gasteiger charge is -2.36. The molecule has 0 radical (unpaired) electrons. The first-order valence-corrected chi connectivity index (χ1v) is 8.70. The molecule has 24 heavy (non-hydrogen) atoms. The first-order chi connectivity index (χ1) is 11.7. The number of likely N-dealkylation sites (N-methyl/N-ethyl adjacent to an activating group) is 1. The van der Waals surface area contributed by atoms with Crippen molar-refractivity contribution in [3.63, 3.8) is 0 Å². The fourth-order valence-electron chi connectivity index (χ4n) is 3.74. The average molecular weight is 325 g/mol. The lowest BCUT2D eigenvalue weighted by atomic mass is 10.00. The standard InChI is InChI=1S/C18H23N5O/c1-21-11-12-23-16(13-21)19-20-17(23)15-9-5-6-10-22(15)18(24)14-7-3-2-4-8-14/h2-4,7-8,15H,5-6,9-13H2,1H3/t15-/m1/s1. The predicted molar refractivity (Wildman–Crippen MR) is 90.4 cm³/mol. The molecular weight excluding hydrogens is 302 g/mol. The van der Waals surface area contributed by atoms with Gasteiger partial charge in [-0.1, -0.05) is 18.2 Å². The quantitative estimate of drug-likeness (QED) is 0.848. The van der Waals surface area contributed by atoms with Crippen LogP contribution in [-0.4, -0.2) is 50.6 Å². The molecular formula is C18H23N5O. The van der Waals surface area contributed by atoms with Crippen LogP contribution < -0.4 is 0 Å². The summed E-state index contributed by atoms with van der Waals surface area (Å²) in [5, 5.41) is 8.86. The third-order valence-corrected chi connectivity index (χ3v) is 5.06. The molecule has 3 heterocycles. The Hall–Kier alpha value is -2.21. The molecule has 0 spiro atoms. The van der Waals surface area contributed by atoms with Crippen molar-refractivity contribution in [1.82, 2.24) is 24.6 Å². The summed E-state index contributed by atoms with van der Waals surface area (Å²) in [6.45, 7) is 3.52. The van der Waals surface area contributed by atoms with Gasteiger partial charge in [-0.15, -0.1) is 10.2 Å². The van der Waals surface area contributed by atoms with Gasteiger partial charge in [0.2, 0.25) is 0 Å². The Kier molecular flexibility index (Phi) is 4.06. The van der Waals surface area contributed by atoms with E-state index in [0.717, 1.165) is 62.7 Å². The van der Waals surface area contributed by atoms with Gasteiger partial charge < -0.3 is 9.47 Å². The van der Waals surface area contributed by atoms with Gasteiger partial charge in [-0.3, -0.25) is 9.69 Å². The van der Waals surface area contributed by atoms with Crippen molar-refractivity contribution in [3.05, 3.63) is 47.5 Å². The lowest BCUT2D eigenvalue weighted by molar-refractivity contribution is 0.0592. The number of carbonyl (C=O) groups excluding carboxylic acids is 1. The maximum absolute atomic E-state index is 13.0. The molecule has 0 saturated carbocycles. The van der Waals surface area contributed by atoms with E-state index in [4.69, 9.17) is 0 Å². The Morgan fingerprint density at radius 2 is 1.92 bits per heavy atom. The van der Waals surface area contributed by atoms with Crippen LogP contribution >= 0.6 is 0 Å². The largest absolute Gasteiger partial charge is 0.328 e. The van der Waals surface area contributed by atoms with E-state index >= 15 is 0 Å². The predicted octanol–water partition coefficient (Wildman–Crippen LogP) is 2.09. The summed E-state index contributed by atoms with van der Waals surface area (Å²) >= 11 is 0. The summed E-state index contributed by atoms with van der Waals surface area (Å²) in [5.74, 6) is 2.07. The maximum Gasteiger partial charge on any atom is 0.254 e. The summed E-state index contributed by atoms with van der Waals surface area (Å²) < 4.78 is 2.22. The summed E-state index contributed by atoms with van der Waals surface area (Å²) in [7, 11) is 2.10. The van der Waals surface area contributed by atoms with Crippen molar-refractivity contribution in [2.24, 2.45) is 0 Å². The Morgan fingerprint density at radius 3 is 2.75 bits per heavy atom. The van der Waals surface area contributed by atoms with E-state index in [1.807, 2.05) is 35.2 Å². The molecule has 1 saturated heterocycles. The number of amides is 1. The SMILES string of the molecule is CN1CCn2c(nnc2[C@H]2CCCCN2C(=O)c2ccccc2)C1. The van der Waals surface area contributed by atoms with E-state index < -0.39 is 0 Å². The third kappa shape index (κ3) is 2.71. The van der Waals surface area contributed by atoms with Crippen molar-refractivity contribution in [2.45, 2.75) is 38.4 Å². The van der Waals surface area contributed by atoms with Crippen LogP contribution in [0.15, 0.2) is 30.3 Å². The van der Waals surface area contributed by atoms with Crippen LogP contribution in [0.3, 0.4) is 0 Å². The molecule has 2 aliphatic rings. The number of piperidine rings is 1. The zero-order valence-corrected chi connectivity index (χ0v) is 14.1. The summed E-state index contributed by atoms with van der Waals surface area (Å²) in [4.78, 5) is 17.2. The highest BCUT2D eigenvalue weighted by Crippen LogP contribution is 2.32. The van der Waals surface area contributed by atoms with E-state index in [-0.39, 0.29) is 11.9 Å². The summed E-state index contributed by atoms with van der Waals surface area (Å²) in [6.07, 6.45) is 3.15. The molecule has 2 aliphatic heterocycles. The monoisotopic (exact) mass is 325 g/mol. The second-order valence-electron chi connectivity index (χ2n) is 6.74. The number of hydrogen-bond acceptors (Lipinski definition) is 4. The minimum absolute atomic E-state index is 0.0381. The van der Waals surface area contributed by atoms with Crippen LogP contribution in [-0.2, 0) is 13.1 Å². The lowest BCUT2D eigenvalue weighted by Crippen LogP contribution is -2.40. The van der Waals surface area contributed by atoms with Crippen molar-refractivity contribution in [1.29, 1.82) is 0 Å². The van der Waals surface area contributed by atoms with Crippen molar-refractivity contribution in [2.75, 3.05) is 20.1 Å².